The Hall–Kier alpha value is -2.70. The fourth-order valence-electron chi connectivity index (χ4n) is 2.41. The van der Waals surface area contributed by atoms with Gasteiger partial charge in [-0.2, -0.15) is 0 Å². The smallest absolute Gasteiger partial charge is 0.240 e. The van der Waals surface area contributed by atoms with Gasteiger partial charge in [-0.15, -0.1) is 0 Å². The van der Waals surface area contributed by atoms with E-state index in [-0.39, 0.29) is 23.0 Å². The number of furan rings is 1. The molecule has 6 heteroatoms. The Bertz CT molecular complexity index is 1020. The first kappa shape index (κ1) is 18.1. The van der Waals surface area contributed by atoms with Crippen LogP contribution < -0.4 is 4.72 Å². The Morgan fingerprint density at radius 3 is 2.08 bits per heavy atom. The van der Waals surface area contributed by atoms with Crippen molar-refractivity contribution in [2.45, 2.75) is 25.3 Å². The van der Waals surface area contributed by atoms with Crippen LogP contribution in [-0.4, -0.2) is 14.2 Å². The summed E-state index contributed by atoms with van der Waals surface area (Å²) in [6.45, 7) is 3.80. The molecule has 0 radical (unpaired) electrons. The Balaban J connectivity index is 1.69. The van der Waals surface area contributed by atoms with Crippen molar-refractivity contribution < 1.29 is 17.6 Å². The highest BCUT2D eigenvalue weighted by molar-refractivity contribution is 7.89. The molecule has 0 aliphatic rings. The predicted molar refractivity (Wildman–Crippen MR) is 98.5 cm³/mol. The number of nitrogens with one attached hydrogen (secondary N) is 1. The van der Waals surface area contributed by atoms with E-state index in [9.17, 15) is 13.2 Å². The normalized spacial score (nSPS) is 11.5. The predicted octanol–water partition coefficient (Wildman–Crippen LogP) is 3.61. The summed E-state index contributed by atoms with van der Waals surface area (Å²) in [7, 11) is -3.64. The van der Waals surface area contributed by atoms with Crippen molar-refractivity contribution >= 4 is 15.8 Å². The summed E-state index contributed by atoms with van der Waals surface area (Å²) >= 11 is 0. The summed E-state index contributed by atoms with van der Waals surface area (Å²) in [6, 6.07) is 16.9. The molecule has 5 nitrogen and oxygen atoms in total. The zero-order valence-corrected chi connectivity index (χ0v) is 15.3. The van der Waals surface area contributed by atoms with E-state index in [0.717, 1.165) is 11.1 Å². The fourth-order valence-corrected chi connectivity index (χ4v) is 3.40. The molecule has 0 spiro atoms. The Kier molecular flexibility index (Phi) is 5.06. The molecule has 0 bridgehead atoms. The minimum atomic E-state index is -3.64. The van der Waals surface area contributed by atoms with Gasteiger partial charge in [0.1, 0.15) is 5.76 Å². The molecule has 0 fully saturated rings. The summed E-state index contributed by atoms with van der Waals surface area (Å²) in [5.41, 5.74) is 2.57. The minimum Gasteiger partial charge on any atom is -0.456 e. The topological polar surface area (TPSA) is 76.4 Å². The third-order valence-corrected chi connectivity index (χ3v) is 5.38. The fraction of sp³-hybridized carbons (Fsp3) is 0.150. The summed E-state index contributed by atoms with van der Waals surface area (Å²) in [4.78, 5) is 12.6. The summed E-state index contributed by atoms with van der Waals surface area (Å²) in [5.74, 6) is 0.312. The molecular weight excluding hydrogens is 350 g/mol. The molecule has 0 aliphatic carbocycles. The summed E-state index contributed by atoms with van der Waals surface area (Å²) in [5, 5.41) is 0. The highest BCUT2D eigenvalue weighted by atomic mass is 32.2. The molecule has 0 unspecified atom stereocenters. The van der Waals surface area contributed by atoms with Crippen molar-refractivity contribution in [1.29, 1.82) is 0 Å². The highest BCUT2D eigenvalue weighted by Gasteiger charge is 2.17. The third kappa shape index (κ3) is 4.09. The largest absolute Gasteiger partial charge is 0.456 e. The second-order valence-electron chi connectivity index (χ2n) is 6.10. The Morgan fingerprint density at radius 1 is 0.885 bits per heavy atom. The maximum absolute atomic E-state index is 12.4. The Morgan fingerprint density at radius 2 is 1.46 bits per heavy atom. The average Bonchev–Trinajstić information content (AvgIpc) is 3.10. The lowest BCUT2D eigenvalue weighted by Crippen LogP contribution is -2.23. The van der Waals surface area contributed by atoms with Gasteiger partial charge in [-0.25, -0.2) is 13.1 Å². The van der Waals surface area contributed by atoms with Crippen LogP contribution in [0.4, 0.5) is 0 Å². The van der Waals surface area contributed by atoms with E-state index in [1.807, 2.05) is 26.0 Å². The van der Waals surface area contributed by atoms with Crippen LogP contribution in [0.1, 0.15) is 33.0 Å². The first-order chi connectivity index (χ1) is 12.3. The zero-order chi connectivity index (χ0) is 18.7. The lowest BCUT2D eigenvalue weighted by molar-refractivity contribution is 0.101. The van der Waals surface area contributed by atoms with Crippen molar-refractivity contribution in [2.24, 2.45) is 0 Å². The molecule has 1 N–H and O–H groups in total. The maximum Gasteiger partial charge on any atom is 0.240 e. The molecule has 3 rings (SSSR count). The maximum atomic E-state index is 12.4. The van der Waals surface area contributed by atoms with Crippen molar-refractivity contribution in [3.63, 3.8) is 0 Å². The first-order valence-corrected chi connectivity index (χ1v) is 9.60. The van der Waals surface area contributed by atoms with Gasteiger partial charge >= 0.3 is 0 Å². The van der Waals surface area contributed by atoms with Crippen molar-refractivity contribution in [1.82, 2.24) is 4.72 Å². The van der Waals surface area contributed by atoms with Crippen molar-refractivity contribution in [3.8, 4) is 0 Å². The van der Waals surface area contributed by atoms with Crippen molar-refractivity contribution in [2.75, 3.05) is 0 Å². The number of aryl methyl sites for hydroxylation is 2. The molecule has 2 aromatic carbocycles. The monoisotopic (exact) mass is 369 g/mol. The highest BCUT2D eigenvalue weighted by Crippen LogP contribution is 2.16. The molecule has 0 aliphatic heterocycles. The third-order valence-electron chi connectivity index (χ3n) is 3.97. The second kappa shape index (κ2) is 7.27. The Labute approximate surface area is 152 Å². The number of carbonyl (C=O) groups is 1. The molecule has 3 aromatic rings. The molecule has 0 saturated carbocycles. The number of hydrogen-bond acceptors (Lipinski definition) is 4. The summed E-state index contributed by atoms with van der Waals surface area (Å²) < 4.78 is 32.6. The van der Waals surface area contributed by atoms with E-state index in [4.69, 9.17) is 4.42 Å². The van der Waals surface area contributed by atoms with E-state index in [1.54, 1.807) is 48.5 Å². The van der Waals surface area contributed by atoms with Crippen molar-refractivity contribution in [3.05, 3.63) is 88.9 Å². The van der Waals surface area contributed by atoms with Crippen LogP contribution in [0, 0.1) is 13.8 Å². The molecular formula is C20H19NO4S. The molecule has 134 valence electrons. The molecule has 1 heterocycles. The second-order valence-corrected chi connectivity index (χ2v) is 7.87. The van der Waals surface area contributed by atoms with Gasteiger partial charge < -0.3 is 4.42 Å². The van der Waals surface area contributed by atoms with Crippen LogP contribution >= 0.6 is 0 Å². The van der Waals surface area contributed by atoms with Gasteiger partial charge in [0.2, 0.25) is 15.8 Å². The van der Waals surface area contributed by atoms with Crippen LogP contribution in [0.15, 0.2) is 70.0 Å². The van der Waals surface area contributed by atoms with Crippen LogP contribution in [0.3, 0.4) is 0 Å². The van der Waals surface area contributed by atoms with E-state index >= 15 is 0 Å². The lowest BCUT2D eigenvalue weighted by Gasteiger charge is -2.05. The number of ketones is 1. The number of sulfonamides is 1. The van der Waals surface area contributed by atoms with Gasteiger partial charge in [-0.3, -0.25) is 4.79 Å². The number of carbonyl (C=O) groups excluding carboxylic acids is 1. The van der Waals surface area contributed by atoms with E-state index in [0.29, 0.717) is 11.3 Å². The van der Waals surface area contributed by atoms with Gasteiger partial charge in [0.15, 0.2) is 5.76 Å². The SMILES string of the molecule is Cc1ccc(C(=O)c2ccc(CNS(=O)(=O)c3ccc(C)cc3)o2)cc1. The van der Waals surface area contributed by atoms with Gasteiger partial charge in [-0.05, 0) is 38.1 Å². The average molecular weight is 369 g/mol. The molecule has 0 saturated heterocycles. The standard InChI is InChI=1S/C20H19NO4S/c1-14-3-7-16(8-4-14)20(22)19-12-9-17(25-19)13-21-26(23,24)18-10-5-15(2)6-11-18/h3-12,21H,13H2,1-2H3. The van der Waals surface area contributed by atoms with E-state index in [1.165, 1.54) is 0 Å². The van der Waals surface area contributed by atoms with Crippen LogP contribution in [-0.2, 0) is 16.6 Å². The summed E-state index contributed by atoms with van der Waals surface area (Å²) in [6.07, 6.45) is 0. The number of benzene rings is 2. The quantitative estimate of drug-likeness (QED) is 0.674. The zero-order valence-electron chi connectivity index (χ0n) is 14.5. The van der Waals surface area contributed by atoms with Gasteiger partial charge in [0.05, 0.1) is 11.4 Å². The molecule has 0 amide bonds. The first-order valence-electron chi connectivity index (χ1n) is 8.11. The van der Waals surface area contributed by atoms with E-state index in [2.05, 4.69) is 4.72 Å². The van der Waals surface area contributed by atoms with E-state index < -0.39 is 10.0 Å². The molecule has 0 atom stereocenters. The number of hydrogen-bond donors (Lipinski definition) is 1. The van der Waals surface area contributed by atoms with Crippen LogP contribution in [0.25, 0.3) is 0 Å². The van der Waals surface area contributed by atoms with Gasteiger partial charge in [0.25, 0.3) is 0 Å². The van der Waals surface area contributed by atoms with Crippen LogP contribution in [0.2, 0.25) is 0 Å². The molecule has 26 heavy (non-hydrogen) atoms. The van der Waals surface area contributed by atoms with Gasteiger partial charge in [-0.1, -0.05) is 47.5 Å². The number of rotatable bonds is 6. The van der Waals surface area contributed by atoms with Gasteiger partial charge in [0, 0.05) is 5.56 Å². The molecule has 1 aromatic heterocycles. The van der Waals surface area contributed by atoms with Crippen LogP contribution in [0.5, 0.6) is 0 Å². The lowest BCUT2D eigenvalue weighted by atomic mass is 10.1. The minimum absolute atomic E-state index is 0.0304.